The standard InChI is InChI=1S/C16H10Cl2N2O2S/c17-10-3-5-12(13(18)8-10)14-6-4-11(22-14)9-19-20-16(21)15-2-1-7-23-15/h1-9H,(H,20,21)/b19-9-. The number of hydrazone groups is 1. The Hall–Kier alpha value is -2.08. The Morgan fingerprint density at radius 1 is 1.22 bits per heavy atom. The van der Waals surface area contributed by atoms with Crippen LogP contribution in [-0.2, 0) is 0 Å². The lowest BCUT2D eigenvalue weighted by atomic mass is 10.2. The summed E-state index contributed by atoms with van der Waals surface area (Å²) < 4.78 is 5.64. The number of nitrogens with zero attached hydrogens (tertiary/aromatic N) is 1. The monoisotopic (exact) mass is 364 g/mol. The summed E-state index contributed by atoms with van der Waals surface area (Å²) in [4.78, 5) is 12.3. The van der Waals surface area contributed by atoms with Crippen LogP contribution in [0.25, 0.3) is 11.3 Å². The number of carbonyl (C=O) groups excluding carboxylic acids is 1. The van der Waals surface area contributed by atoms with Gasteiger partial charge in [0.15, 0.2) is 0 Å². The molecule has 2 heterocycles. The molecule has 7 heteroatoms. The van der Waals surface area contributed by atoms with Gasteiger partial charge >= 0.3 is 0 Å². The molecular formula is C16H10Cl2N2O2S. The van der Waals surface area contributed by atoms with E-state index in [0.29, 0.717) is 26.4 Å². The van der Waals surface area contributed by atoms with Crippen LogP contribution in [0.1, 0.15) is 15.4 Å². The maximum atomic E-state index is 11.7. The van der Waals surface area contributed by atoms with E-state index in [0.717, 1.165) is 5.56 Å². The Morgan fingerprint density at radius 3 is 2.83 bits per heavy atom. The number of furan rings is 1. The van der Waals surface area contributed by atoms with Gasteiger partial charge in [0.05, 0.1) is 16.1 Å². The number of amides is 1. The molecule has 0 aliphatic heterocycles. The van der Waals surface area contributed by atoms with E-state index >= 15 is 0 Å². The van der Waals surface area contributed by atoms with Crippen molar-refractivity contribution in [3.8, 4) is 11.3 Å². The number of halogens is 2. The summed E-state index contributed by atoms with van der Waals surface area (Å²) in [6.45, 7) is 0. The minimum Gasteiger partial charge on any atom is -0.455 e. The average molecular weight is 365 g/mol. The first kappa shape index (κ1) is 15.8. The van der Waals surface area contributed by atoms with E-state index in [2.05, 4.69) is 10.5 Å². The number of benzene rings is 1. The van der Waals surface area contributed by atoms with Crippen LogP contribution in [0.5, 0.6) is 0 Å². The molecule has 3 aromatic rings. The third kappa shape index (κ3) is 3.82. The molecule has 0 saturated carbocycles. The molecule has 1 N–H and O–H groups in total. The lowest BCUT2D eigenvalue weighted by Gasteiger charge is -2.00. The molecule has 1 aromatic carbocycles. The first-order valence-corrected chi connectivity index (χ1v) is 8.19. The van der Waals surface area contributed by atoms with Crippen molar-refractivity contribution in [3.63, 3.8) is 0 Å². The van der Waals surface area contributed by atoms with E-state index < -0.39 is 0 Å². The van der Waals surface area contributed by atoms with Crippen molar-refractivity contribution in [1.29, 1.82) is 0 Å². The molecule has 0 saturated heterocycles. The number of hydrogen-bond donors (Lipinski definition) is 1. The highest BCUT2D eigenvalue weighted by Crippen LogP contribution is 2.31. The van der Waals surface area contributed by atoms with Crippen molar-refractivity contribution in [2.45, 2.75) is 0 Å². The summed E-state index contributed by atoms with van der Waals surface area (Å²) in [5.41, 5.74) is 3.17. The Labute approximate surface area is 146 Å². The zero-order valence-electron chi connectivity index (χ0n) is 11.6. The second-order valence-corrected chi connectivity index (χ2v) is 6.29. The smallest absolute Gasteiger partial charge is 0.281 e. The van der Waals surface area contributed by atoms with Crippen molar-refractivity contribution in [1.82, 2.24) is 5.43 Å². The van der Waals surface area contributed by atoms with E-state index in [1.54, 1.807) is 42.5 Å². The van der Waals surface area contributed by atoms with Crippen molar-refractivity contribution in [2.24, 2.45) is 5.10 Å². The predicted molar refractivity (Wildman–Crippen MR) is 93.5 cm³/mol. The summed E-state index contributed by atoms with van der Waals surface area (Å²) >= 11 is 13.4. The molecule has 0 radical (unpaired) electrons. The van der Waals surface area contributed by atoms with Crippen LogP contribution in [0, 0.1) is 0 Å². The lowest BCUT2D eigenvalue weighted by molar-refractivity contribution is 0.0959. The summed E-state index contributed by atoms with van der Waals surface area (Å²) in [5.74, 6) is 0.832. The van der Waals surface area contributed by atoms with Crippen molar-refractivity contribution in [3.05, 3.63) is 68.5 Å². The Morgan fingerprint density at radius 2 is 2.09 bits per heavy atom. The first-order chi connectivity index (χ1) is 11.1. The molecule has 0 spiro atoms. The largest absolute Gasteiger partial charge is 0.455 e. The van der Waals surface area contributed by atoms with E-state index in [-0.39, 0.29) is 5.91 Å². The summed E-state index contributed by atoms with van der Waals surface area (Å²) in [6.07, 6.45) is 1.43. The molecule has 0 fully saturated rings. The van der Waals surface area contributed by atoms with Crippen molar-refractivity contribution < 1.29 is 9.21 Å². The highest BCUT2D eigenvalue weighted by atomic mass is 35.5. The van der Waals surface area contributed by atoms with Crippen molar-refractivity contribution >= 4 is 46.7 Å². The van der Waals surface area contributed by atoms with Gasteiger partial charge in [-0.1, -0.05) is 29.3 Å². The van der Waals surface area contributed by atoms with Gasteiger partial charge in [-0.3, -0.25) is 4.79 Å². The molecule has 23 heavy (non-hydrogen) atoms. The van der Waals surface area contributed by atoms with E-state index in [4.69, 9.17) is 27.6 Å². The van der Waals surface area contributed by atoms with Crippen molar-refractivity contribution in [2.75, 3.05) is 0 Å². The minimum absolute atomic E-state index is 0.260. The van der Waals surface area contributed by atoms with Gasteiger partial charge < -0.3 is 4.42 Å². The second-order valence-electron chi connectivity index (χ2n) is 4.50. The number of nitrogens with one attached hydrogen (secondary N) is 1. The topological polar surface area (TPSA) is 54.6 Å². The molecule has 0 bridgehead atoms. The number of hydrogen-bond acceptors (Lipinski definition) is 4. The molecule has 0 atom stereocenters. The zero-order chi connectivity index (χ0) is 16.2. The van der Waals surface area contributed by atoms with Gasteiger partial charge in [-0.25, -0.2) is 5.43 Å². The van der Waals surface area contributed by atoms with E-state index in [9.17, 15) is 4.79 Å². The fraction of sp³-hybridized carbons (Fsp3) is 0. The first-order valence-electron chi connectivity index (χ1n) is 6.55. The van der Waals surface area contributed by atoms with Gasteiger partial charge in [0.2, 0.25) is 0 Å². The quantitative estimate of drug-likeness (QED) is 0.518. The van der Waals surface area contributed by atoms with Gasteiger partial charge in [-0.15, -0.1) is 11.3 Å². The fourth-order valence-electron chi connectivity index (χ4n) is 1.87. The normalized spacial score (nSPS) is 11.0. The molecule has 116 valence electrons. The van der Waals surface area contributed by atoms with Gasteiger partial charge in [0.25, 0.3) is 5.91 Å². The average Bonchev–Trinajstić information content (AvgIpc) is 3.18. The molecule has 0 aliphatic carbocycles. The van der Waals surface area contributed by atoms with E-state index in [1.165, 1.54) is 17.6 Å². The highest BCUT2D eigenvalue weighted by Gasteiger charge is 2.09. The van der Waals surface area contributed by atoms with Gasteiger partial charge in [-0.05, 0) is 41.8 Å². The van der Waals surface area contributed by atoms with Crippen LogP contribution in [0.3, 0.4) is 0 Å². The molecular weight excluding hydrogens is 355 g/mol. The zero-order valence-corrected chi connectivity index (χ0v) is 14.0. The highest BCUT2D eigenvalue weighted by molar-refractivity contribution is 7.12. The van der Waals surface area contributed by atoms with Crippen LogP contribution in [0.15, 0.2) is 57.4 Å². The maximum absolute atomic E-state index is 11.7. The summed E-state index contributed by atoms with van der Waals surface area (Å²) in [6, 6.07) is 12.2. The van der Waals surface area contributed by atoms with Gasteiger partial charge in [0.1, 0.15) is 11.5 Å². The second kappa shape index (κ2) is 7.00. The molecule has 4 nitrogen and oxygen atoms in total. The summed E-state index contributed by atoms with van der Waals surface area (Å²) in [5, 5.41) is 6.76. The van der Waals surface area contributed by atoms with Crippen LogP contribution >= 0.6 is 34.5 Å². The third-order valence-electron chi connectivity index (χ3n) is 2.93. The van der Waals surface area contributed by atoms with Crippen LogP contribution in [-0.4, -0.2) is 12.1 Å². The van der Waals surface area contributed by atoms with Crippen LogP contribution < -0.4 is 5.43 Å². The minimum atomic E-state index is -0.260. The maximum Gasteiger partial charge on any atom is 0.281 e. The fourth-order valence-corrected chi connectivity index (χ4v) is 2.99. The lowest BCUT2D eigenvalue weighted by Crippen LogP contribution is -2.15. The van der Waals surface area contributed by atoms with E-state index in [1.807, 2.05) is 5.38 Å². The summed E-state index contributed by atoms with van der Waals surface area (Å²) in [7, 11) is 0. The molecule has 1 amide bonds. The predicted octanol–water partition coefficient (Wildman–Crippen LogP) is 5.08. The molecule has 0 aliphatic rings. The molecule has 0 unspecified atom stereocenters. The van der Waals surface area contributed by atoms with Gasteiger partial charge in [-0.2, -0.15) is 5.10 Å². The Kier molecular flexibility index (Phi) is 4.81. The van der Waals surface area contributed by atoms with Crippen LogP contribution in [0.4, 0.5) is 0 Å². The number of carbonyl (C=O) groups is 1. The molecule has 3 rings (SSSR count). The Bertz CT molecular complexity index is 857. The SMILES string of the molecule is O=C(N/N=C\c1ccc(-c2ccc(Cl)cc2Cl)o1)c1cccs1. The van der Waals surface area contributed by atoms with Gasteiger partial charge in [0, 0.05) is 10.6 Å². The number of thiophene rings is 1. The molecule has 2 aromatic heterocycles. The van der Waals surface area contributed by atoms with Crippen LogP contribution in [0.2, 0.25) is 10.0 Å². The Balaban J connectivity index is 1.70. The third-order valence-corrected chi connectivity index (χ3v) is 4.34. The number of rotatable bonds is 4.